The minimum absolute atomic E-state index is 0.129. The molecule has 0 aliphatic carbocycles. The molecular weight excluding hydrogens is 266 g/mol. The van der Waals surface area contributed by atoms with E-state index in [4.69, 9.17) is 9.15 Å². The van der Waals surface area contributed by atoms with E-state index in [1.54, 1.807) is 24.5 Å². The predicted octanol–water partition coefficient (Wildman–Crippen LogP) is 3.85. The van der Waals surface area contributed by atoms with Gasteiger partial charge in [-0.3, -0.25) is 4.98 Å². The molecule has 0 amide bonds. The summed E-state index contributed by atoms with van der Waals surface area (Å²) in [6, 6.07) is 7.52. The molecule has 0 atom stereocenters. The van der Waals surface area contributed by atoms with Gasteiger partial charge in [0.05, 0.1) is 0 Å². The number of hydrogen-bond acceptors (Lipinski definition) is 5. The molecule has 0 unspecified atom stereocenters. The first-order valence-electron chi connectivity index (χ1n) is 6.63. The van der Waals surface area contributed by atoms with Gasteiger partial charge in [0.1, 0.15) is 5.75 Å². The number of hydrogen-bond donors (Lipinski definition) is 0. The van der Waals surface area contributed by atoms with E-state index in [2.05, 4.69) is 22.1 Å². The van der Waals surface area contributed by atoms with E-state index in [0.717, 1.165) is 5.56 Å². The van der Waals surface area contributed by atoms with Crippen LogP contribution in [0.4, 0.5) is 0 Å². The van der Waals surface area contributed by atoms with Gasteiger partial charge in [-0.1, -0.05) is 5.10 Å². The zero-order valence-electron chi connectivity index (χ0n) is 12.1. The molecule has 0 N–H and O–H groups in total. The zero-order chi connectivity index (χ0) is 14.8. The lowest BCUT2D eigenvalue weighted by molar-refractivity contribution is 0.335. The highest BCUT2D eigenvalue weighted by Crippen LogP contribution is 2.27. The van der Waals surface area contributed by atoms with Crippen molar-refractivity contribution in [3.63, 3.8) is 0 Å². The normalized spacial score (nSPS) is 10.6. The Balaban J connectivity index is 1.85. The van der Waals surface area contributed by atoms with Crippen LogP contribution in [0.3, 0.4) is 0 Å². The summed E-state index contributed by atoms with van der Waals surface area (Å²) >= 11 is 0. The van der Waals surface area contributed by atoms with Crippen molar-refractivity contribution in [3.8, 4) is 23.3 Å². The summed E-state index contributed by atoms with van der Waals surface area (Å²) in [5.74, 6) is 1.11. The predicted molar refractivity (Wildman–Crippen MR) is 78.3 cm³/mol. The van der Waals surface area contributed by atoms with Crippen molar-refractivity contribution in [2.75, 3.05) is 0 Å². The maximum Gasteiger partial charge on any atom is 0.420 e. The number of nitrogens with zero attached hydrogens (tertiary/aromatic N) is 3. The van der Waals surface area contributed by atoms with Crippen LogP contribution in [-0.2, 0) is 0 Å². The Bertz CT molecular complexity index is 743. The lowest BCUT2D eigenvalue weighted by Gasteiger charge is -2.07. The van der Waals surface area contributed by atoms with Crippen molar-refractivity contribution >= 4 is 0 Å². The zero-order valence-corrected chi connectivity index (χ0v) is 12.1. The molecule has 0 spiro atoms. The van der Waals surface area contributed by atoms with Crippen LogP contribution in [-0.4, -0.2) is 15.2 Å². The Morgan fingerprint density at radius 1 is 0.952 bits per heavy atom. The summed E-state index contributed by atoms with van der Waals surface area (Å²) in [4.78, 5) is 3.95. The number of ether oxygens (including phenoxy) is 1. The SMILES string of the molecule is Cc1cc(Oc2nnc(-c3ccncc3)o2)cc(C)c1C. The first kappa shape index (κ1) is 13.3. The van der Waals surface area contributed by atoms with E-state index in [1.165, 1.54) is 16.7 Å². The van der Waals surface area contributed by atoms with Gasteiger partial charge in [0.15, 0.2) is 0 Å². The Kier molecular flexibility index (Phi) is 3.39. The summed E-state index contributed by atoms with van der Waals surface area (Å²) in [6.45, 7) is 6.18. The Labute approximate surface area is 122 Å². The highest BCUT2D eigenvalue weighted by Gasteiger charge is 2.11. The first-order chi connectivity index (χ1) is 10.1. The third-order valence-electron chi connectivity index (χ3n) is 3.44. The largest absolute Gasteiger partial charge is 0.420 e. The molecular formula is C16H15N3O2. The van der Waals surface area contributed by atoms with Gasteiger partial charge in [0.25, 0.3) is 5.89 Å². The molecule has 21 heavy (non-hydrogen) atoms. The van der Waals surface area contributed by atoms with Gasteiger partial charge >= 0.3 is 6.08 Å². The van der Waals surface area contributed by atoms with Crippen LogP contribution < -0.4 is 4.74 Å². The lowest BCUT2D eigenvalue weighted by Crippen LogP contribution is -1.90. The lowest BCUT2D eigenvalue weighted by atomic mass is 10.0. The summed E-state index contributed by atoms with van der Waals surface area (Å²) in [7, 11) is 0. The Morgan fingerprint density at radius 2 is 1.62 bits per heavy atom. The van der Waals surface area contributed by atoms with E-state index in [9.17, 15) is 0 Å². The number of aryl methyl sites for hydroxylation is 2. The van der Waals surface area contributed by atoms with E-state index in [1.807, 2.05) is 26.0 Å². The summed E-state index contributed by atoms with van der Waals surface area (Å²) in [5, 5.41) is 7.89. The molecule has 0 radical (unpaired) electrons. The van der Waals surface area contributed by atoms with Crippen molar-refractivity contribution < 1.29 is 9.15 Å². The van der Waals surface area contributed by atoms with Crippen LogP contribution in [0, 0.1) is 20.8 Å². The number of rotatable bonds is 3. The molecule has 106 valence electrons. The third-order valence-corrected chi connectivity index (χ3v) is 3.44. The van der Waals surface area contributed by atoms with Gasteiger partial charge < -0.3 is 9.15 Å². The molecule has 2 heterocycles. The van der Waals surface area contributed by atoms with E-state index >= 15 is 0 Å². The monoisotopic (exact) mass is 281 g/mol. The fourth-order valence-corrected chi connectivity index (χ4v) is 2.02. The van der Waals surface area contributed by atoms with Crippen LogP contribution in [0.25, 0.3) is 11.5 Å². The standard InChI is InChI=1S/C16H15N3O2/c1-10-8-14(9-11(2)12(10)3)20-16-19-18-15(21-16)13-4-6-17-7-5-13/h4-9H,1-3H3. The van der Waals surface area contributed by atoms with Crippen LogP contribution in [0.2, 0.25) is 0 Å². The van der Waals surface area contributed by atoms with Gasteiger partial charge in [0, 0.05) is 18.0 Å². The minimum atomic E-state index is 0.129. The fourth-order valence-electron chi connectivity index (χ4n) is 2.02. The molecule has 5 heteroatoms. The van der Waals surface area contributed by atoms with Gasteiger partial charge in [-0.05, 0) is 61.7 Å². The summed E-state index contributed by atoms with van der Waals surface area (Å²) < 4.78 is 11.2. The van der Waals surface area contributed by atoms with Gasteiger partial charge in [0.2, 0.25) is 0 Å². The Morgan fingerprint density at radius 3 is 2.29 bits per heavy atom. The highest BCUT2D eigenvalue weighted by molar-refractivity contribution is 5.51. The highest BCUT2D eigenvalue weighted by atomic mass is 16.6. The molecule has 5 nitrogen and oxygen atoms in total. The second-order valence-electron chi connectivity index (χ2n) is 4.89. The average molecular weight is 281 g/mol. The molecule has 3 aromatic rings. The second-order valence-corrected chi connectivity index (χ2v) is 4.89. The van der Waals surface area contributed by atoms with Gasteiger partial charge in [-0.15, -0.1) is 5.10 Å². The van der Waals surface area contributed by atoms with E-state index < -0.39 is 0 Å². The van der Waals surface area contributed by atoms with Crippen LogP contribution >= 0.6 is 0 Å². The summed E-state index contributed by atoms with van der Waals surface area (Å²) in [5.41, 5.74) is 4.40. The quantitative estimate of drug-likeness (QED) is 0.729. The third kappa shape index (κ3) is 2.76. The number of benzene rings is 1. The topological polar surface area (TPSA) is 61.0 Å². The van der Waals surface area contributed by atoms with Crippen molar-refractivity contribution in [3.05, 3.63) is 53.3 Å². The molecule has 0 fully saturated rings. The molecule has 0 saturated carbocycles. The second kappa shape index (κ2) is 5.36. The van der Waals surface area contributed by atoms with Crippen molar-refractivity contribution in [1.82, 2.24) is 15.2 Å². The molecule has 0 aliphatic heterocycles. The summed E-state index contributed by atoms with van der Waals surface area (Å²) in [6.07, 6.45) is 3.48. The van der Waals surface area contributed by atoms with Crippen molar-refractivity contribution in [2.24, 2.45) is 0 Å². The van der Waals surface area contributed by atoms with Crippen LogP contribution in [0.15, 0.2) is 41.1 Å². The molecule has 3 rings (SSSR count). The van der Waals surface area contributed by atoms with Crippen molar-refractivity contribution in [2.45, 2.75) is 20.8 Å². The Hall–Kier alpha value is -2.69. The molecule has 1 aromatic carbocycles. The van der Waals surface area contributed by atoms with Crippen LogP contribution in [0.5, 0.6) is 11.8 Å². The smallest absolute Gasteiger partial charge is 0.410 e. The molecule has 0 aliphatic rings. The molecule has 2 aromatic heterocycles. The number of aromatic nitrogens is 3. The minimum Gasteiger partial charge on any atom is -0.410 e. The van der Waals surface area contributed by atoms with E-state index in [-0.39, 0.29) is 6.08 Å². The maximum absolute atomic E-state index is 5.64. The van der Waals surface area contributed by atoms with Crippen molar-refractivity contribution in [1.29, 1.82) is 0 Å². The maximum atomic E-state index is 5.64. The van der Waals surface area contributed by atoms with Crippen LogP contribution in [0.1, 0.15) is 16.7 Å². The van der Waals surface area contributed by atoms with E-state index in [0.29, 0.717) is 11.6 Å². The van der Waals surface area contributed by atoms with Gasteiger partial charge in [-0.2, -0.15) is 0 Å². The molecule has 0 saturated heterocycles. The first-order valence-corrected chi connectivity index (χ1v) is 6.63. The molecule has 0 bridgehead atoms. The number of pyridine rings is 1. The van der Waals surface area contributed by atoms with Gasteiger partial charge in [-0.25, -0.2) is 0 Å². The fraction of sp³-hybridized carbons (Fsp3) is 0.188. The average Bonchev–Trinajstić information content (AvgIpc) is 2.94.